The van der Waals surface area contributed by atoms with Gasteiger partial charge in [-0.1, -0.05) is 52.3 Å². The van der Waals surface area contributed by atoms with Crippen LogP contribution in [-0.4, -0.2) is 6.61 Å². The molecule has 0 saturated heterocycles. The minimum Gasteiger partial charge on any atom is -0.490 e. The zero-order chi connectivity index (χ0) is 20.5. The van der Waals surface area contributed by atoms with Crippen LogP contribution in [-0.2, 0) is 19.6 Å². The van der Waals surface area contributed by atoms with E-state index in [1.165, 1.54) is 0 Å². The van der Waals surface area contributed by atoms with Gasteiger partial charge in [-0.3, -0.25) is 0 Å². The fourth-order valence-corrected chi connectivity index (χ4v) is 3.32. The Morgan fingerprint density at radius 2 is 1.72 bits per heavy atom. The molecule has 0 aliphatic carbocycles. The molecule has 0 aliphatic heterocycles. The van der Waals surface area contributed by atoms with Crippen LogP contribution in [0, 0.1) is 0 Å². The van der Waals surface area contributed by atoms with Gasteiger partial charge in [-0.2, -0.15) is 0 Å². The lowest BCUT2D eigenvalue weighted by Gasteiger charge is -2.18. The minimum absolute atomic E-state index is 0.485. The van der Waals surface area contributed by atoms with Crippen molar-refractivity contribution in [1.82, 2.24) is 0 Å². The standard InChI is InChI=1S/C25H26BrNO2/c1-3-8-21-15-20(17-27-23-9-6-5-7-10-23)16-24(28-4-2)25(21)29-18-19-11-13-22(26)14-12-19/h3,5-7,9-16,27H,1,4,8,17-18H2,2H3. The van der Waals surface area contributed by atoms with Gasteiger partial charge in [-0.05, 0) is 60.9 Å². The van der Waals surface area contributed by atoms with Crippen molar-refractivity contribution in [2.45, 2.75) is 26.5 Å². The molecule has 0 heterocycles. The van der Waals surface area contributed by atoms with Crippen molar-refractivity contribution < 1.29 is 9.47 Å². The highest BCUT2D eigenvalue weighted by molar-refractivity contribution is 9.10. The molecule has 0 amide bonds. The summed E-state index contributed by atoms with van der Waals surface area (Å²) in [5, 5.41) is 3.46. The first-order valence-electron chi connectivity index (χ1n) is 9.75. The summed E-state index contributed by atoms with van der Waals surface area (Å²) in [5.74, 6) is 1.56. The Bertz CT molecular complexity index is 924. The maximum absolute atomic E-state index is 6.21. The number of benzene rings is 3. The number of halogens is 1. The summed E-state index contributed by atoms with van der Waals surface area (Å²) in [6.45, 7) is 7.67. The van der Waals surface area contributed by atoms with Crippen LogP contribution in [0.25, 0.3) is 0 Å². The Balaban J connectivity index is 1.82. The van der Waals surface area contributed by atoms with E-state index in [9.17, 15) is 0 Å². The lowest BCUT2D eigenvalue weighted by Crippen LogP contribution is -2.06. The third kappa shape index (κ3) is 6.13. The zero-order valence-electron chi connectivity index (χ0n) is 16.7. The number of allylic oxidation sites excluding steroid dienone is 1. The van der Waals surface area contributed by atoms with Crippen LogP contribution >= 0.6 is 15.9 Å². The molecule has 0 atom stereocenters. The highest BCUT2D eigenvalue weighted by atomic mass is 79.9. The summed E-state index contributed by atoms with van der Waals surface area (Å²) in [6.07, 6.45) is 2.61. The van der Waals surface area contributed by atoms with Gasteiger partial charge in [-0.15, -0.1) is 6.58 Å². The fraction of sp³-hybridized carbons (Fsp3) is 0.200. The van der Waals surface area contributed by atoms with Crippen molar-refractivity contribution in [3.05, 3.63) is 101 Å². The van der Waals surface area contributed by atoms with Crippen LogP contribution in [0.3, 0.4) is 0 Å². The second kappa shape index (κ2) is 10.7. The Kier molecular flexibility index (Phi) is 7.77. The average Bonchev–Trinajstić information content (AvgIpc) is 2.74. The van der Waals surface area contributed by atoms with Crippen molar-refractivity contribution in [2.75, 3.05) is 11.9 Å². The molecular weight excluding hydrogens is 426 g/mol. The van der Waals surface area contributed by atoms with E-state index in [1.807, 2.05) is 43.3 Å². The first-order valence-corrected chi connectivity index (χ1v) is 10.5. The molecule has 0 aliphatic rings. The highest BCUT2D eigenvalue weighted by Crippen LogP contribution is 2.35. The molecule has 3 aromatic carbocycles. The molecule has 3 aromatic rings. The lowest BCUT2D eigenvalue weighted by atomic mass is 10.1. The summed E-state index contributed by atoms with van der Waals surface area (Å²) < 4.78 is 13.2. The normalized spacial score (nSPS) is 10.4. The quantitative estimate of drug-likeness (QED) is 0.345. The monoisotopic (exact) mass is 451 g/mol. The van der Waals surface area contributed by atoms with Crippen molar-refractivity contribution in [2.24, 2.45) is 0 Å². The van der Waals surface area contributed by atoms with Gasteiger partial charge in [0.25, 0.3) is 0 Å². The van der Waals surface area contributed by atoms with Crippen molar-refractivity contribution in [1.29, 1.82) is 0 Å². The molecule has 150 valence electrons. The SMILES string of the molecule is C=CCc1cc(CNc2ccccc2)cc(OCC)c1OCc1ccc(Br)cc1. The van der Waals surface area contributed by atoms with Crippen LogP contribution in [0.4, 0.5) is 5.69 Å². The predicted molar refractivity (Wildman–Crippen MR) is 124 cm³/mol. The summed E-state index contributed by atoms with van der Waals surface area (Å²) in [4.78, 5) is 0. The Labute approximate surface area is 181 Å². The molecule has 3 rings (SSSR count). The molecule has 0 saturated carbocycles. The van der Waals surface area contributed by atoms with E-state index in [0.717, 1.165) is 44.8 Å². The van der Waals surface area contributed by atoms with Gasteiger partial charge in [0.2, 0.25) is 0 Å². The molecular formula is C25H26BrNO2. The van der Waals surface area contributed by atoms with Crippen LogP contribution in [0.5, 0.6) is 11.5 Å². The molecule has 29 heavy (non-hydrogen) atoms. The largest absolute Gasteiger partial charge is 0.490 e. The highest BCUT2D eigenvalue weighted by Gasteiger charge is 2.14. The van der Waals surface area contributed by atoms with Crippen LogP contribution < -0.4 is 14.8 Å². The van der Waals surface area contributed by atoms with Crippen molar-refractivity contribution >= 4 is 21.6 Å². The van der Waals surface area contributed by atoms with E-state index in [-0.39, 0.29) is 0 Å². The molecule has 4 heteroatoms. The van der Waals surface area contributed by atoms with Gasteiger partial charge in [0, 0.05) is 22.3 Å². The van der Waals surface area contributed by atoms with E-state index >= 15 is 0 Å². The van der Waals surface area contributed by atoms with E-state index in [0.29, 0.717) is 19.8 Å². The number of nitrogens with one attached hydrogen (secondary N) is 1. The minimum atomic E-state index is 0.485. The molecule has 0 bridgehead atoms. The van der Waals surface area contributed by atoms with Gasteiger partial charge in [-0.25, -0.2) is 0 Å². The number of anilines is 1. The van der Waals surface area contributed by atoms with Gasteiger partial charge in [0.15, 0.2) is 11.5 Å². The Hall–Kier alpha value is -2.72. The summed E-state index contributed by atoms with van der Waals surface area (Å²) in [6, 6.07) is 22.5. The molecule has 0 fully saturated rings. The van der Waals surface area contributed by atoms with Gasteiger partial charge < -0.3 is 14.8 Å². The molecule has 3 nitrogen and oxygen atoms in total. The van der Waals surface area contributed by atoms with Crippen molar-refractivity contribution in [3.8, 4) is 11.5 Å². The van der Waals surface area contributed by atoms with Crippen LogP contribution in [0.1, 0.15) is 23.6 Å². The maximum Gasteiger partial charge on any atom is 0.165 e. The van der Waals surface area contributed by atoms with E-state index in [4.69, 9.17) is 9.47 Å². The Morgan fingerprint density at radius 1 is 0.966 bits per heavy atom. The van der Waals surface area contributed by atoms with E-state index < -0.39 is 0 Å². The molecule has 0 radical (unpaired) electrons. The third-order valence-corrected chi connectivity index (χ3v) is 4.95. The number of hydrogen-bond donors (Lipinski definition) is 1. The van der Waals surface area contributed by atoms with Crippen LogP contribution in [0.15, 0.2) is 83.9 Å². The molecule has 0 aromatic heterocycles. The number of para-hydroxylation sites is 1. The maximum atomic E-state index is 6.21. The summed E-state index contributed by atoms with van der Waals surface area (Å²) in [5.41, 5.74) is 4.42. The van der Waals surface area contributed by atoms with Gasteiger partial charge in [0.05, 0.1) is 6.61 Å². The van der Waals surface area contributed by atoms with E-state index in [2.05, 4.69) is 64.2 Å². The van der Waals surface area contributed by atoms with E-state index in [1.54, 1.807) is 0 Å². The second-order valence-corrected chi connectivity index (χ2v) is 7.56. The number of ether oxygens (including phenoxy) is 2. The number of hydrogen-bond acceptors (Lipinski definition) is 3. The van der Waals surface area contributed by atoms with Gasteiger partial charge in [0.1, 0.15) is 6.61 Å². The molecule has 0 spiro atoms. The molecule has 0 unspecified atom stereocenters. The third-order valence-electron chi connectivity index (χ3n) is 4.42. The van der Waals surface area contributed by atoms with Crippen molar-refractivity contribution in [3.63, 3.8) is 0 Å². The lowest BCUT2D eigenvalue weighted by molar-refractivity contribution is 0.267. The molecule has 1 N–H and O–H groups in total. The Morgan fingerprint density at radius 3 is 2.41 bits per heavy atom. The fourth-order valence-electron chi connectivity index (χ4n) is 3.06. The number of rotatable bonds is 10. The first-order chi connectivity index (χ1) is 14.2. The second-order valence-electron chi connectivity index (χ2n) is 6.64. The summed E-state index contributed by atoms with van der Waals surface area (Å²) >= 11 is 3.47. The summed E-state index contributed by atoms with van der Waals surface area (Å²) in [7, 11) is 0. The zero-order valence-corrected chi connectivity index (χ0v) is 18.2. The van der Waals surface area contributed by atoms with Gasteiger partial charge >= 0.3 is 0 Å². The average molecular weight is 452 g/mol. The predicted octanol–water partition coefficient (Wildman–Crippen LogP) is 6.77. The smallest absolute Gasteiger partial charge is 0.165 e. The first kappa shape index (κ1) is 21.0. The topological polar surface area (TPSA) is 30.5 Å². The van der Waals surface area contributed by atoms with Crippen LogP contribution in [0.2, 0.25) is 0 Å².